The van der Waals surface area contributed by atoms with E-state index in [0.717, 1.165) is 59.3 Å². The molecule has 1 aliphatic rings. The predicted molar refractivity (Wildman–Crippen MR) is 114 cm³/mol. The second-order valence-corrected chi connectivity index (χ2v) is 8.97. The molecular formula is C20H23ClN6S. The molecule has 28 heavy (non-hydrogen) atoms. The smallest absolute Gasteiger partial charge is 0.179 e. The lowest BCUT2D eigenvalue weighted by atomic mass is 9.95. The number of anilines is 1. The first kappa shape index (κ1) is 19.4. The van der Waals surface area contributed by atoms with Gasteiger partial charge in [0.05, 0.1) is 16.9 Å². The van der Waals surface area contributed by atoms with Crippen molar-refractivity contribution in [3.05, 3.63) is 41.3 Å². The van der Waals surface area contributed by atoms with Crippen LogP contribution in [0.1, 0.15) is 31.9 Å². The van der Waals surface area contributed by atoms with Crippen molar-refractivity contribution in [2.45, 2.75) is 48.6 Å². The highest BCUT2D eigenvalue weighted by Gasteiger charge is 2.24. The minimum atomic E-state index is -0.0979. The Labute approximate surface area is 173 Å². The molecule has 3 aromatic rings. The molecule has 1 aliphatic heterocycles. The molecule has 0 amide bonds. The zero-order valence-corrected chi connectivity index (χ0v) is 17.6. The third kappa shape index (κ3) is 4.21. The Morgan fingerprint density at radius 1 is 1.14 bits per heavy atom. The first-order valence-corrected chi connectivity index (χ1v) is 10.6. The van der Waals surface area contributed by atoms with E-state index in [0.29, 0.717) is 10.7 Å². The summed E-state index contributed by atoms with van der Waals surface area (Å²) in [5, 5.41) is 1.49. The molecule has 146 valence electrons. The Hall–Kier alpha value is -1.96. The molecule has 6 nitrogen and oxygen atoms in total. The monoisotopic (exact) mass is 414 g/mol. The minimum absolute atomic E-state index is 0.0979. The van der Waals surface area contributed by atoms with Crippen LogP contribution in [0.5, 0.6) is 0 Å². The molecule has 0 saturated carbocycles. The van der Waals surface area contributed by atoms with Gasteiger partial charge >= 0.3 is 0 Å². The Kier molecular flexibility index (Phi) is 5.40. The summed E-state index contributed by atoms with van der Waals surface area (Å²) in [6.45, 7) is 5.87. The van der Waals surface area contributed by atoms with E-state index < -0.39 is 0 Å². The molecule has 8 heteroatoms. The van der Waals surface area contributed by atoms with Crippen molar-refractivity contribution in [3.8, 4) is 0 Å². The van der Waals surface area contributed by atoms with Gasteiger partial charge in [-0.2, -0.15) is 0 Å². The van der Waals surface area contributed by atoms with Crippen molar-refractivity contribution in [2.75, 3.05) is 18.0 Å². The van der Waals surface area contributed by atoms with Crippen LogP contribution in [0.15, 0.2) is 40.5 Å². The topological polar surface area (TPSA) is 80.8 Å². The Bertz CT molecular complexity index is 1010. The van der Waals surface area contributed by atoms with E-state index in [9.17, 15) is 0 Å². The number of aryl methyl sites for hydroxylation is 1. The lowest BCUT2D eigenvalue weighted by Crippen LogP contribution is -2.37. The summed E-state index contributed by atoms with van der Waals surface area (Å²) >= 11 is 7.85. The molecule has 4 heterocycles. The molecule has 1 fully saturated rings. The van der Waals surface area contributed by atoms with Gasteiger partial charge in [-0.3, -0.25) is 4.98 Å². The van der Waals surface area contributed by atoms with Gasteiger partial charge in [-0.1, -0.05) is 23.4 Å². The number of fused-ring (bicyclic) bond motifs is 1. The van der Waals surface area contributed by atoms with Crippen molar-refractivity contribution in [1.29, 1.82) is 0 Å². The average molecular weight is 415 g/mol. The van der Waals surface area contributed by atoms with Gasteiger partial charge in [-0.15, -0.1) is 0 Å². The summed E-state index contributed by atoms with van der Waals surface area (Å²) in [6, 6.07) is 5.82. The standard InChI is InChI=1S/C20H23ClN6S/c1-13-18(21)15(6-9-23-13)28-17-5-4-14-19(26-17)24-12-16(25-14)27-10-3-7-20(2,22)8-11-27/h4-6,9,12H,3,7-8,10-11,22H2,1-2H3. The van der Waals surface area contributed by atoms with Gasteiger partial charge < -0.3 is 10.6 Å². The van der Waals surface area contributed by atoms with Crippen LogP contribution in [-0.2, 0) is 0 Å². The van der Waals surface area contributed by atoms with Gasteiger partial charge in [0, 0.05) is 29.7 Å². The fourth-order valence-corrected chi connectivity index (χ4v) is 4.42. The number of nitrogens with zero attached hydrogens (tertiary/aromatic N) is 5. The van der Waals surface area contributed by atoms with Gasteiger partial charge in [0.25, 0.3) is 0 Å². The Morgan fingerprint density at radius 2 is 2.00 bits per heavy atom. The number of aromatic nitrogens is 4. The third-order valence-corrected chi connectivity index (χ3v) is 6.65. The van der Waals surface area contributed by atoms with Gasteiger partial charge in [-0.25, -0.2) is 15.0 Å². The molecule has 0 aliphatic carbocycles. The number of nitrogens with two attached hydrogens (primary N) is 1. The normalized spacial score (nSPS) is 20.4. The molecular weight excluding hydrogens is 392 g/mol. The molecule has 0 radical (unpaired) electrons. The highest BCUT2D eigenvalue weighted by atomic mass is 35.5. The largest absolute Gasteiger partial charge is 0.355 e. The van der Waals surface area contributed by atoms with Gasteiger partial charge in [0.1, 0.15) is 16.4 Å². The van der Waals surface area contributed by atoms with E-state index in [-0.39, 0.29) is 5.54 Å². The SMILES string of the molecule is Cc1nccc(Sc2ccc3nc(N4CCCC(C)(N)CC4)cnc3n2)c1Cl. The maximum absolute atomic E-state index is 6.35. The van der Waals surface area contributed by atoms with E-state index >= 15 is 0 Å². The molecule has 1 atom stereocenters. The van der Waals surface area contributed by atoms with Crippen LogP contribution < -0.4 is 10.6 Å². The van der Waals surface area contributed by atoms with Crippen molar-refractivity contribution >= 4 is 40.3 Å². The van der Waals surface area contributed by atoms with Gasteiger partial charge in [0.2, 0.25) is 0 Å². The van der Waals surface area contributed by atoms with Crippen molar-refractivity contribution in [1.82, 2.24) is 19.9 Å². The van der Waals surface area contributed by atoms with E-state index in [2.05, 4.69) is 26.8 Å². The highest BCUT2D eigenvalue weighted by Crippen LogP contribution is 2.33. The summed E-state index contributed by atoms with van der Waals surface area (Å²) in [5.74, 6) is 0.889. The maximum atomic E-state index is 6.35. The van der Waals surface area contributed by atoms with E-state index in [1.54, 1.807) is 6.20 Å². The Morgan fingerprint density at radius 3 is 2.86 bits per heavy atom. The molecule has 0 aromatic carbocycles. The fourth-order valence-electron chi connectivity index (χ4n) is 3.33. The third-order valence-electron chi connectivity index (χ3n) is 5.06. The lowest BCUT2D eigenvalue weighted by Gasteiger charge is -2.24. The van der Waals surface area contributed by atoms with Gasteiger partial charge in [-0.05, 0) is 51.3 Å². The van der Waals surface area contributed by atoms with Crippen molar-refractivity contribution < 1.29 is 0 Å². The summed E-state index contributed by atoms with van der Waals surface area (Å²) in [4.78, 5) is 21.4. The number of halogens is 1. The van der Waals surface area contributed by atoms with Crippen LogP contribution in [0, 0.1) is 6.92 Å². The van der Waals surface area contributed by atoms with E-state index in [1.165, 1.54) is 11.8 Å². The zero-order chi connectivity index (χ0) is 19.7. The van der Waals surface area contributed by atoms with E-state index in [4.69, 9.17) is 22.3 Å². The van der Waals surface area contributed by atoms with Gasteiger partial charge in [0.15, 0.2) is 5.65 Å². The fraction of sp³-hybridized carbons (Fsp3) is 0.400. The maximum Gasteiger partial charge on any atom is 0.179 e. The number of hydrogen-bond acceptors (Lipinski definition) is 7. The summed E-state index contributed by atoms with van der Waals surface area (Å²) in [7, 11) is 0. The first-order chi connectivity index (χ1) is 13.4. The molecule has 1 unspecified atom stereocenters. The van der Waals surface area contributed by atoms with Crippen LogP contribution in [0.4, 0.5) is 5.82 Å². The molecule has 2 N–H and O–H groups in total. The summed E-state index contributed by atoms with van der Waals surface area (Å²) in [6.07, 6.45) is 6.61. The average Bonchev–Trinajstić information content (AvgIpc) is 2.85. The molecule has 0 bridgehead atoms. The second kappa shape index (κ2) is 7.81. The number of rotatable bonds is 3. The Balaban J connectivity index is 1.57. The van der Waals surface area contributed by atoms with Crippen LogP contribution in [-0.4, -0.2) is 38.6 Å². The zero-order valence-electron chi connectivity index (χ0n) is 16.0. The lowest BCUT2D eigenvalue weighted by molar-refractivity contribution is 0.421. The highest BCUT2D eigenvalue weighted by molar-refractivity contribution is 7.99. The van der Waals surface area contributed by atoms with Crippen LogP contribution in [0.25, 0.3) is 11.2 Å². The molecule has 4 rings (SSSR count). The minimum Gasteiger partial charge on any atom is -0.355 e. The molecule has 1 saturated heterocycles. The quantitative estimate of drug-likeness (QED) is 0.686. The van der Waals surface area contributed by atoms with Crippen LogP contribution >= 0.6 is 23.4 Å². The van der Waals surface area contributed by atoms with Crippen LogP contribution in [0.3, 0.4) is 0 Å². The second-order valence-electron chi connectivity index (χ2n) is 7.53. The number of hydrogen-bond donors (Lipinski definition) is 1. The van der Waals surface area contributed by atoms with Crippen LogP contribution in [0.2, 0.25) is 5.02 Å². The van der Waals surface area contributed by atoms with Crippen molar-refractivity contribution in [2.24, 2.45) is 5.73 Å². The predicted octanol–water partition coefficient (Wildman–Crippen LogP) is 4.24. The first-order valence-electron chi connectivity index (χ1n) is 9.38. The molecule has 3 aromatic heterocycles. The van der Waals surface area contributed by atoms with Crippen molar-refractivity contribution in [3.63, 3.8) is 0 Å². The molecule has 0 spiro atoms. The van der Waals surface area contributed by atoms with E-state index in [1.807, 2.05) is 31.3 Å². The number of pyridine rings is 2. The summed E-state index contributed by atoms with van der Waals surface area (Å²) in [5.41, 5.74) is 8.45. The summed E-state index contributed by atoms with van der Waals surface area (Å²) < 4.78 is 0.